The topological polar surface area (TPSA) is 218 Å². The van der Waals surface area contributed by atoms with Gasteiger partial charge in [0, 0.05) is 29.6 Å². The molecule has 0 radical (unpaired) electrons. The summed E-state index contributed by atoms with van der Waals surface area (Å²) in [5, 5.41) is 43.8. The summed E-state index contributed by atoms with van der Waals surface area (Å²) in [7, 11) is 3.14. The fraction of sp³-hybridized carbons (Fsp3) is 0.333. The second-order valence-electron chi connectivity index (χ2n) is 8.90. The van der Waals surface area contributed by atoms with E-state index >= 15 is 0 Å². The largest absolute Gasteiger partial charge is 0.508 e. The fourth-order valence-corrected chi connectivity index (χ4v) is 4.24. The fourth-order valence-electron chi connectivity index (χ4n) is 4.24. The maximum atomic E-state index is 10.3. The SMILES string of the molecule is CCOc1cc2c(cc1OC)C(c1cnc(OC)nc1)N=C1C=CC(O)=C[C@@H]12.O=C(O)CC(O)(CC(=O)O)C(=O)O. The molecule has 1 aliphatic carbocycles. The van der Waals surface area contributed by atoms with Gasteiger partial charge in [0.15, 0.2) is 17.1 Å². The molecule has 0 saturated heterocycles. The Hall–Kier alpha value is -4.98. The molecule has 0 bridgehead atoms. The van der Waals surface area contributed by atoms with E-state index < -0.39 is 36.4 Å². The number of benzene rings is 1. The van der Waals surface area contributed by atoms with Crippen molar-refractivity contribution in [2.45, 2.75) is 37.3 Å². The highest BCUT2D eigenvalue weighted by Crippen LogP contribution is 2.45. The number of aromatic nitrogens is 2. The standard InChI is InChI=1S/C21H21N3O4.C6H8O7/c1-4-28-19-8-14-15-7-13(25)5-6-17(15)24-20(16(14)9-18(19)26-2)12-10-22-21(27-3)23-11-12;7-3(8)1-6(13,5(11)12)2-4(9)10/h5-11,15,20,25H,4H2,1-3H3;13H,1-2H2,(H,7,8)(H,9,10)(H,11,12)/t15-,20?;/m1./s1. The molecule has 1 unspecified atom stereocenters. The monoisotopic (exact) mass is 571 g/mol. The van der Waals surface area contributed by atoms with Crippen LogP contribution in [0.15, 0.2) is 53.5 Å². The zero-order valence-electron chi connectivity index (χ0n) is 22.3. The lowest BCUT2D eigenvalue weighted by atomic mass is 9.80. The van der Waals surface area contributed by atoms with Crippen LogP contribution in [0.3, 0.4) is 0 Å². The highest BCUT2D eigenvalue weighted by molar-refractivity contribution is 6.04. The van der Waals surface area contributed by atoms with Crippen LogP contribution in [0.1, 0.15) is 48.4 Å². The third-order valence-corrected chi connectivity index (χ3v) is 6.09. The molecule has 0 amide bonds. The predicted molar refractivity (Wildman–Crippen MR) is 142 cm³/mol. The Morgan fingerprint density at radius 2 is 1.54 bits per heavy atom. The number of methoxy groups -OCH3 is 2. The van der Waals surface area contributed by atoms with Crippen molar-refractivity contribution in [3.8, 4) is 17.5 Å². The number of carbonyl (C=O) groups is 3. The number of aliphatic hydroxyl groups excluding tert-OH is 1. The number of aliphatic imine (C=N–C) groups is 1. The molecule has 2 heterocycles. The van der Waals surface area contributed by atoms with E-state index in [0.29, 0.717) is 24.1 Å². The zero-order chi connectivity index (χ0) is 30.3. The summed E-state index contributed by atoms with van der Waals surface area (Å²) >= 11 is 0. The normalized spacial score (nSPS) is 17.0. The molecular weight excluding hydrogens is 542 g/mol. The van der Waals surface area contributed by atoms with Gasteiger partial charge in [-0.1, -0.05) is 0 Å². The Morgan fingerprint density at radius 1 is 0.927 bits per heavy atom. The number of rotatable bonds is 10. The Labute approximate surface area is 233 Å². The van der Waals surface area contributed by atoms with Crippen LogP contribution in [0.25, 0.3) is 0 Å². The van der Waals surface area contributed by atoms with Crippen LogP contribution in [-0.2, 0) is 14.4 Å². The summed E-state index contributed by atoms with van der Waals surface area (Å²) in [4.78, 5) is 43.8. The maximum Gasteiger partial charge on any atom is 0.336 e. The summed E-state index contributed by atoms with van der Waals surface area (Å²) in [6.45, 7) is 2.45. The van der Waals surface area contributed by atoms with Crippen LogP contribution in [0.5, 0.6) is 17.5 Å². The lowest BCUT2D eigenvalue weighted by Gasteiger charge is -2.30. The van der Waals surface area contributed by atoms with Crippen molar-refractivity contribution in [3.63, 3.8) is 0 Å². The molecule has 218 valence electrons. The number of aliphatic carboxylic acids is 3. The van der Waals surface area contributed by atoms with E-state index in [-0.39, 0.29) is 17.7 Å². The maximum absolute atomic E-state index is 10.3. The Morgan fingerprint density at radius 3 is 2.05 bits per heavy atom. The summed E-state index contributed by atoms with van der Waals surface area (Å²) in [5.41, 5.74) is 0.927. The lowest BCUT2D eigenvalue weighted by molar-refractivity contribution is -0.170. The third-order valence-electron chi connectivity index (χ3n) is 6.09. The second kappa shape index (κ2) is 12.9. The van der Waals surface area contributed by atoms with E-state index in [4.69, 9.17) is 39.6 Å². The highest BCUT2D eigenvalue weighted by Gasteiger charge is 2.40. The summed E-state index contributed by atoms with van der Waals surface area (Å²) in [6, 6.07) is 3.92. The molecule has 14 nitrogen and oxygen atoms in total. The molecule has 1 aromatic carbocycles. The van der Waals surface area contributed by atoms with Crippen LogP contribution >= 0.6 is 0 Å². The van der Waals surface area contributed by atoms with Crippen molar-refractivity contribution >= 4 is 23.6 Å². The molecule has 41 heavy (non-hydrogen) atoms. The molecule has 2 atom stereocenters. The molecule has 1 aliphatic heterocycles. The molecule has 2 aliphatic rings. The van der Waals surface area contributed by atoms with E-state index in [9.17, 15) is 19.5 Å². The molecule has 0 spiro atoms. The molecule has 0 fully saturated rings. The van der Waals surface area contributed by atoms with E-state index in [1.807, 2.05) is 25.1 Å². The van der Waals surface area contributed by atoms with E-state index in [0.717, 1.165) is 22.4 Å². The first-order chi connectivity index (χ1) is 19.4. The van der Waals surface area contributed by atoms with Gasteiger partial charge >= 0.3 is 23.9 Å². The summed E-state index contributed by atoms with van der Waals surface area (Å²) < 4.78 is 16.4. The molecule has 0 saturated carbocycles. The minimum absolute atomic E-state index is 0.152. The number of carboxylic acids is 3. The van der Waals surface area contributed by atoms with E-state index in [1.54, 1.807) is 31.7 Å². The molecule has 5 N–H and O–H groups in total. The number of nitrogens with zero attached hydrogens (tertiary/aromatic N) is 3. The first-order valence-electron chi connectivity index (χ1n) is 12.2. The molecule has 14 heteroatoms. The van der Waals surface area contributed by atoms with Crippen LogP contribution < -0.4 is 14.2 Å². The van der Waals surface area contributed by atoms with Crippen molar-refractivity contribution < 1.29 is 54.1 Å². The van der Waals surface area contributed by atoms with Gasteiger partial charge in [-0.3, -0.25) is 14.6 Å². The van der Waals surface area contributed by atoms with Crippen LogP contribution in [0, 0.1) is 0 Å². The van der Waals surface area contributed by atoms with Crippen molar-refractivity contribution in [1.82, 2.24) is 9.97 Å². The number of allylic oxidation sites excluding steroid dienone is 3. The average molecular weight is 572 g/mol. The zero-order valence-corrected chi connectivity index (χ0v) is 22.3. The molecule has 1 aromatic heterocycles. The van der Waals surface area contributed by atoms with Gasteiger partial charge in [-0.05, 0) is 48.4 Å². The van der Waals surface area contributed by atoms with Gasteiger partial charge in [0.1, 0.15) is 11.8 Å². The number of hydrogen-bond acceptors (Lipinski definition) is 11. The number of carboxylic acid groups (broad SMARTS) is 3. The highest BCUT2D eigenvalue weighted by atomic mass is 16.5. The van der Waals surface area contributed by atoms with Gasteiger partial charge in [0.2, 0.25) is 0 Å². The van der Waals surface area contributed by atoms with Crippen molar-refractivity contribution in [2.75, 3.05) is 20.8 Å². The van der Waals surface area contributed by atoms with Crippen LogP contribution in [-0.4, -0.2) is 85.5 Å². The predicted octanol–water partition coefficient (Wildman–Crippen LogP) is 2.28. The number of fused-ring (bicyclic) bond motifs is 3. The van der Waals surface area contributed by atoms with Gasteiger partial charge in [0.05, 0.1) is 33.7 Å². The number of ether oxygens (including phenoxy) is 3. The van der Waals surface area contributed by atoms with Crippen LogP contribution in [0.4, 0.5) is 0 Å². The van der Waals surface area contributed by atoms with Gasteiger partial charge in [-0.2, -0.15) is 0 Å². The first kappa shape index (κ1) is 30.6. The Kier molecular flexibility index (Phi) is 9.63. The van der Waals surface area contributed by atoms with E-state index in [2.05, 4.69) is 9.97 Å². The molecule has 2 aromatic rings. The van der Waals surface area contributed by atoms with Crippen molar-refractivity contribution in [3.05, 3.63) is 65.2 Å². The van der Waals surface area contributed by atoms with Gasteiger partial charge < -0.3 is 39.7 Å². The second-order valence-corrected chi connectivity index (χ2v) is 8.90. The van der Waals surface area contributed by atoms with Crippen LogP contribution in [0.2, 0.25) is 0 Å². The van der Waals surface area contributed by atoms with Crippen molar-refractivity contribution in [1.29, 1.82) is 0 Å². The lowest BCUT2D eigenvalue weighted by Crippen LogP contribution is -2.42. The quantitative estimate of drug-likeness (QED) is 0.277. The number of aliphatic hydroxyl groups is 2. The summed E-state index contributed by atoms with van der Waals surface area (Å²) in [5.74, 6) is -3.65. The minimum Gasteiger partial charge on any atom is -0.508 e. The Bertz CT molecular complexity index is 1380. The smallest absolute Gasteiger partial charge is 0.336 e. The third kappa shape index (κ3) is 7.16. The number of hydrogen-bond donors (Lipinski definition) is 5. The van der Waals surface area contributed by atoms with E-state index in [1.165, 1.54) is 7.11 Å². The molecular formula is C27H29N3O11. The van der Waals surface area contributed by atoms with Crippen molar-refractivity contribution in [2.24, 2.45) is 4.99 Å². The average Bonchev–Trinajstić information content (AvgIpc) is 2.92. The first-order valence-corrected chi connectivity index (χ1v) is 12.2. The Balaban J connectivity index is 0.000000302. The molecule has 4 rings (SSSR count). The van der Waals surface area contributed by atoms with Gasteiger partial charge in [-0.25, -0.2) is 14.8 Å². The minimum atomic E-state index is -2.74. The van der Waals surface area contributed by atoms with Gasteiger partial charge in [0.25, 0.3) is 0 Å². The van der Waals surface area contributed by atoms with Gasteiger partial charge in [-0.15, -0.1) is 0 Å². The summed E-state index contributed by atoms with van der Waals surface area (Å²) in [6.07, 6.45) is 6.42.